The molecule has 1 aliphatic rings. The van der Waals surface area contributed by atoms with Crippen molar-refractivity contribution in [2.45, 2.75) is 33.4 Å². The first-order valence-corrected chi connectivity index (χ1v) is 13.9. The Labute approximate surface area is 246 Å². The van der Waals surface area contributed by atoms with Crippen molar-refractivity contribution in [3.63, 3.8) is 0 Å². The monoisotopic (exact) mass is 626 g/mol. The van der Waals surface area contributed by atoms with Crippen molar-refractivity contribution in [1.29, 1.82) is 0 Å². The van der Waals surface area contributed by atoms with Crippen LogP contribution in [0.3, 0.4) is 0 Å². The molecule has 40 heavy (non-hydrogen) atoms. The Morgan fingerprint density at radius 1 is 0.875 bits per heavy atom. The van der Waals surface area contributed by atoms with Crippen molar-refractivity contribution in [1.82, 2.24) is 10.2 Å². The fraction of sp³-hybridized carbons (Fsp3) is 0.233. The standard InChI is InChI=1S/C30H28BrClN2O6/c1-3-13-39-26-11-7-20(14-27(26)38-4-2)17-34-29(36)24(28(35)33-30(34)37)16-21-15-22(31)8-12-25(21)40-18-19-5-9-23(32)10-6-19/h5-12,14-16H,3-4,13,17-18H2,1-2H3,(H,33,35,37)/b24-16+. The normalized spacial score (nSPS) is 14.3. The van der Waals surface area contributed by atoms with E-state index in [1.807, 2.05) is 26.0 Å². The van der Waals surface area contributed by atoms with Crippen LogP contribution in [0, 0.1) is 0 Å². The molecular weight excluding hydrogens is 600 g/mol. The molecule has 0 spiro atoms. The summed E-state index contributed by atoms with van der Waals surface area (Å²) < 4.78 is 18.2. The molecule has 0 atom stereocenters. The van der Waals surface area contributed by atoms with Gasteiger partial charge in [-0.15, -0.1) is 0 Å². The van der Waals surface area contributed by atoms with E-state index in [1.165, 1.54) is 6.08 Å². The SMILES string of the molecule is CCCOc1ccc(CN2C(=O)NC(=O)/C(=C\c3cc(Br)ccc3OCc3ccc(Cl)cc3)C2=O)cc1OCC. The van der Waals surface area contributed by atoms with Crippen LogP contribution in [0.2, 0.25) is 5.02 Å². The zero-order valence-corrected chi connectivity index (χ0v) is 24.4. The third kappa shape index (κ3) is 7.22. The highest BCUT2D eigenvalue weighted by Gasteiger charge is 2.36. The van der Waals surface area contributed by atoms with Crippen molar-refractivity contribution < 1.29 is 28.6 Å². The van der Waals surface area contributed by atoms with Crippen LogP contribution in [0.25, 0.3) is 6.08 Å². The zero-order valence-electron chi connectivity index (χ0n) is 22.0. The van der Waals surface area contributed by atoms with E-state index in [2.05, 4.69) is 21.2 Å². The summed E-state index contributed by atoms with van der Waals surface area (Å²) >= 11 is 9.39. The molecule has 8 nitrogen and oxygen atoms in total. The molecule has 0 bridgehead atoms. The molecule has 1 heterocycles. The van der Waals surface area contributed by atoms with Crippen LogP contribution < -0.4 is 19.5 Å². The van der Waals surface area contributed by atoms with Gasteiger partial charge in [0, 0.05) is 15.1 Å². The van der Waals surface area contributed by atoms with Crippen LogP contribution in [-0.4, -0.2) is 36.0 Å². The second-order valence-corrected chi connectivity index (χ2v) is 10.2. The van der Waals surface area contributed by atoms with E-state index in [1.54, 1.807) is 48.5 Å². The highest BCUT2D eigenvalue weighted by atomic mass is 79.9. The number of nitrogens with one attached hydrogen (secondary N) is 1. The number of hydrogen-bond acceptors (Lipinski definition) is 6. The van der Waals surface area contributed by atoms with E-state index in [-0.39, 0.29) is 18.7 Å². The van der Waals surface area contributed by atoms with Crippen LogP contribution in [0.1, 0.15) is 37.0 Å². The highest BCUT2D eigenvalue weighted by Crippen LogP contribution is 2.31. The summed E-state index contributed by atoms with van der Waals surface area (Å²) in [5.74, 6) is 0.0498. The summed E-state index contributed by atoms with van der Waals surface area (Å²) in [5, 5.41) is 2.88. The first-order valence-electron chi connectivity index (χ1n) is 12.7. The lowest BCUT2D eigenvalue weighted by molar-refractivity contribution is -0.130. The lowest BCUT2D eigenvalue weighted by Crippen LogP contribution is -2.53. The van der Waals surface area contributed by atoms with Gasteiger partial charge in [0.2, 0.25) is 0 Å². The molecule has 4 rings (SSSR count). The van der Waals surface area contributed by atoms with Crippen LogP contribution in [-0.2, 0) is 22.7 Å². The lowest BCUT2D eigenvalue weighted by Gasteiger charge is -2.27. The maximum Gasteiger partial charge on any atom is 0.331 e. The first-order chi connectivity index (χ1) is 19.3. The van der Waals surface area contributed by atoms with E-state index in [0.717, 1.165) is 21.4 Å². The number of barbiturate groups is 1. The molecule has 3 aromatic rings. The fourth-order valence-electron chi connectivity index (χ4n) is 3.93. The highest BCUT2D eigenvalue weighted by molar-refractivity contribution is 9.10. The van der Waals surface area contributed by atoms with E-state index >= 15 is 0 Å². The Morgan fingerprint density at radius 3 is 2.33 bits per heavy atom. The summed E-state index contributed by atoms with van der Waals surface area (Å²) in [5.41, 5.74) is 1.83. The summed E-state index contributed by atoms with van der Waals surface area (Å²) in [4.78, 5) is 39.9. The number of imide groups is 2. The maximum absolute atomic E-state index is 13.4. The second kappa shape index (κ2) is 13.5. The number of urea groups is 1. The molecule has 3 aromatic carbocycles. The van der Waals surface area contributed by atoms with Crippen molar-refractivity contribution in [2.24, 2.45) is 0 Å². The number of nitrogens with zero attached hydrogens (tertiary/aromatic N) is 1. The summed E-state index contributed by atoms with van der Waals surface area (Å²) in [7, 11) is 0. The van der Waals surface area contributed by atoms with Crippen molar-refractivity contribution >= 4 is 51.5 Å². The van der Waals surface area contributed by atoms with Crippen LogP contribution in [0.5, 0.6) is 17.2 Å². The lowest BCUT2D eigenvalue weighted by atomic mass is 10.1. The predicted octanol–water partition coefficient (Wildman–Crippen LogP) is 6.53. The third-order valence-electron chi connectivity index (χ3n) is 5.88. The molecule has 0 aliphatic carbocycles. The maximum atomic E-state index is 13.4. The Kier molecular flexibility index (Phi) is 9.84. The van der Waals surface area contributed by atoms with Gasteiger partial charge in [0.25, 0.3) is 11.8 Å². The molecule has 1 N–H and O–H groups in total. The number of ether oxygens (including phenoxy) is 3. The topological polar surface area (TPSA) is 94.2 Å². The largest absolute Gasteiger partial charge is 0.490 e. The van der Waals surface area contributed by atoms with Gasteiger partial charge < -0.3 is 14.2 Å². The van der Waals surface area contributed by atoms with Crippen LogP contribution in [0.4, 0.5) is 4.79 Å². The summed E-state index contributed by atoms with van der Waals surface area (Å²) in [6, 6.07) is 16.9. The first kappa shape index (κ1) is 29.2. The van der Waals surface area contributed by atoms with Crippen molar-refractivity contribution in [3.8, 4) is 17.2 Å². The van der Waals surface area contributed by atoms with Crippen LogP contribution in [0.15, 0.2) is 70.7 Å². The van der Waals surface area contributed by atoms with Gasteiger partial charge in [0.1, 0.15) is 17.9 Å². The molecule has 4 amide bonds. The molecular formula is C30H28BrClN2O6. The van der Waals surface area contributed by atoms with E-state index in [4.69, 9.17) is 25.8 Å². The smallest absolute Gasteiger partial charge is 0.331 e. The number of amides is 4. The number of benzene rings is 3. The fourth-order valence-corrected chi connectivity index (χ4v) is 4.44. The minimum atomic E-state index is -0.801. The molecule has 208 valence electrons. The Hall–Kier alpha value is -3.82. The molecule has 1 aliphatic heterocycles. The van der Waals surface area contributed by atoms with Gasteiger partial charge in [-0.3, -0.25) is 19.8 Å². The number of carbonyl (C=O) groups excluding carboxylic acids is 3. The number of rotatable bonds is 11. The average molecular weight is 628 g/mol. The van der Waals surface area contributed by atoms with E-state index in [9.17, 15) is 14.4 Å². The van der Waals surface area contributed by atoms with Crippen molar-refractivity contribution in [2.75, 3.05) is 13.2 Å². The van der Waals surface area contributed by atoms with Gasteiger partial charge in [-0.25, -0.2) is 4.79 Å². The molecule has 0 radical (unpaired) electrons. The van der Waals surface area contributed by atoms with Gasteiger partial charge >= 0.3 is 6.03 Å². The third-order valence-corrected chi connectivity index (χ3v) is 6.62. The zero-order chi connectivity index (χ0) is 28.6. The van der Waals surface area contributed by atoms with Gasteiger partial charge in [-0.2, -0.15) is 0 Å². The van der Waals surface area contributed by atoms with E-state index < -0.39 is 17.8 Å². The molecule has 0 unspecified atom stereocenters. The van der Waals surface area contributed by atoms with Gasteiger partial charge in [-0.1, -0.05) is 52.7 Å². The quantitative estimate of drug-likeness (QED) is 0.192. The Bertz CT molecular complexity index is 1440. The molecule has 1 saturated heterocycles. The molecule has 10 heteroatoms. The summed E-state index contributed by atoms with van der Waals surface area (Å²) in [6.45, 7) is 5.00. The Balaban J connectivity index is 1.59. The average Bonchev–Trinajstić information content (AvgIpc) is 2.93. The van der Waals surface area contributed by atoms with E-state index in [0.29, 0.717) is 46.6 Å². The molecule has 0 aromatic heterocycles. The van der Waals surface area contributed by atoms with Gasteiger partial charge in [0.15, 0.2) is 11.5 Å². The number of halogens is 2. The number of hydrogen-bond donors (Lipinski definition) is 1. The number of carbonyl (C=O) groups is 3. The van der Waals surface area contributed by atoms with Gasteiger partial charge in [0.05, 0.1) is 19.8 Å². The van der Waals surface area contributed by atoms with Crippen molar-refractivity contribution in [3.05, 3.63) is 92.4 Å². The minimum Gasteiger partial charge on any atom is -0.490 e. The Morgan fingerprint density at radius 2 is 1.60 bits per heavy atom. The summed E-state index contributed by atoms with van der Waals surface area (Å²) in [6.07, 6.45) is 2.26. The second-order valence-electron chi connectivity index (χ2n) is 8.87. The predicted molar refractivity (Wildman–Crippen MR) is 155 cm³/mol. The molecule has 0 saturated carbocycles. The van der Waals surface area contributed by atoms with Crippen LogP contribution >= 0.6 is 27.5 Å². The van der Waals surface area contributed by atoms with Gasteiger partial charge in [-0.05, 0) is 73.0 Å². The molecule has 1 fully saturated rings. The minimum absolute atomic E-state index is 0.0676.